The second-order valence-electron chi connectivity index (χ2n) is 3.96. The van der Waals surface area contributed by atoms with Gasteiger partial charge >= 0.3 is 5.97 Å². The van der Waals surface area contributed by atoms with Crippen molar-refractivity contribution in [2.24, 2.45) is 5.16 Å². The molecule has 1 amide bonds. The van der Waals surface area contributed by atoms with Crippen LogP contribution in [0.15, 0.2) is 29.4 Å². The van der Waals surface area contributed by atoms with E-state index in [0.29, 0.717) is 11.3 Å². The van der Waals surface area contributed by atoms with Crippen LogP contribution in [0.4, 0.5) is 4.39 Å². The molecule has 0 bridgehead atoms. The molecule has 100 valence electrons. The second kappa shape index (κ2) is 5.47. The molecule has 0 fully saturated rings. The Morgan fingerprint density at radius 3 is 3.00 bits per heavy atom. The first-order valence-corrected chi connectivity index (χ1v) is 5.54. The van der Waals surface area contributed by atoms with E-state index >= 15 is 0 Å². The maximum absolute atomic E-state index is 13.0. The number of aliphatic carboxylic acids is 1. The van der Waals surface area contributed by atoms with Gasteiger partial charge in [0.15, 0.2) is 0 Å². The normalized spacial score (nSPS) is 17.5. The molecule has 7 heteroatoms. The second-order valence-corrected chi connectivity index (χ2v) is 3.96. The molecule has 0 aromatic heterocycles. The summed E-state index contributed by atoms with van der Waals surface area (Å²) in [5, 5.41) is 14.4. The third kappa shape index (κ3) is 3.27. The molecule has 1 aromatic carbocycles. The summed E-state index contributed by atoms with van der Waals surface area (Å²) < 4.78 is 13.0. The number of nitrogens with zero attached hydrogens (tertiary/aromatic N) is 1. The van der Waals surface area contributed by atoms with E-state index in [1.807, 2.05) is 0 Å². The monoisotopic (exact) mass is 266 g/mol. The van der Waals surface area contributed by atoms with E-state index in [0.717, 1.165) is 0 Å². The Kier molecular flexibility index (Phi) is 3.74. The van der Waals surface area contributed by atoms with Crippen molar-refractivity contribution in [1.82, 2.24) is 5.32 Å². The lowest BCUT2D eigenvalue weighted by atomic mass is 10.0. The van der Waals surface area contributed by atoms with Gasteiger partial charge in [0.2, 0.25) is 6.10 Å². The molecule has 0 saturated heterocycles. The molecule has 2 rings (SSSR count). The van der Waals surface area contributed by atoms with Crippen LogP contribution in [-0.4, -0.2) is 35.3 Å². The highest BCUT2D eigenvalue weighted by atomic mass is 19.1. The molecular formula is C12H11FN2O4. The van der Waals surface area contributed by atoms with Gasteiger partial charge in [-0.05, 0) is 12.1 Å². The molecular weight excluding hydrogens is 255 g/mol. The molecule has 0 spiro atoms. The molecule has 1 aromatic rings. The minimum atomic E-state index is -1.14. The standard InChI is InChI=1S/C12H11FN2O4/c13-8-3-1-2-7(4-8)9-5-10(19-15-9)12(18)14-6-11(16)17/h1-4,10H,5-6H2,(H,14,18)(H,16,17). The number of halogens is 1. The Labute approximate surface area is 107 Å². The fourth-order valence-corrected chi connectivity index (χ4v) is 1.63. The molecule has 1 unspecified atom stereocenters. The molecule has 6 nitrogen and oxygen atoms in total. The predicted octanol–water partition coefficient (Wildman–Crippen LogP) is 0.519. The van der Waals surface area contributed by atoms with Crippen LogP contribution in [0.25, 0.3) is 0 Å². The summed E-state index contributed by atoms with van der Waals surface area (Å²) in [5.41, 5.74) is 0.989. The van der Waals surface area contributed by atoms with E-state index in [2.05, 4.69) is 10.5 Å². The zero-order chi connectivity index (χ0) is 13.8. The van der Waals surface area contributed by atoms with Crippen LogP contribution < -0.4 is 5.32 Å². The summed E-state index contributed by atoms with van der Waals surface area (Å²) in [6.45, 7) is -0.478. The number of benzene rings is 1. The zero-order valence-corrected chi connectivity index (χ0v) is 9.80. The number of oxime groups is 1. The van der Waals surface area contributed by atoms with Gasteiger partial charge in [-0.3, -0.25) is 9.59 Å². The van der Waals surface area contributed by atoms with Crippen molar-refractivity contribution in [3.63, 3.8) is 0 Å². The number of hydrogen-bond acceptors (Lipinski definition) is 4. The molecule has 19 heavy (non-hydrogen) atoms. The van der Waals surface area contributed by atoms with Gasteiger partial charge < -0.3 is 15.3 Å². The highest BCUT2D eigenvalue weighted by molar-refractivity contribution is 6.04. The molecule has 0 aliphatic carbocycles. The quantitative estimate of drug-likeness (QED) is 0.831. The summed E-state index contributed by atoms with van der Waals surface area (Å²) in [4.78, 5) is 26.8. The first-order chi connectivity index (χ1) is 9.06. The number of carboxylic acids is 1. The molecule has 0 saturated carbocycles. The zero-order valence-electron chi connectivity index (χ0n) is 9.80. The largest absolute Gasteiger partial charge is 0.480 e. The molecule has 1 aliphatic heterocycles. The summed E-state index contributed by atoms with van der Waals surface area (Å²) in [7, 11) is 0. The van der Waals surface area contributed by atoms with E-state index in [9.17, 15) is 14.0 Å². The molecule has 1 atom stereocenters. The van der Waals surface area contributed by atoms with Crippen LogP contribution in [0.5, 0.6) is 0 Å². The summed E-state index contributed by atoms with van der Waals surface area (Å²) >= 11 is 0. The lowest BCUT2D eigenvalue weighted by Crippen LogP contribution is -2.37. The van der Waals surface area contributed by atoms with Crippen LogP contribution in [0, 0.1) is 5.82 Å². The number of rotatable bonds is 4. The van der Waals surface area contributed by atoms with E-state index in [1.165, 1.54) is 18.2 Å². The van der Waals surface area contributed by atoms with Gasteiger partial charge in [0.25, 0.3) is 5.91 Å². The Bertz CT molecular complexity index is 544. The number of carboxylic acid groups (broad SMARTS) is 1. The summed E-state index contributed by atoms with van der Waals surface area (Å²) in [6, 6.07) is 5.78. The van der Waals surface area contributed by atoms with Crippen molar-refractivity contribution < 1.29 is 23.9 Å². The first-order valence-electron chi connectivity index (χ1n) is 5.54. The van der Waals surface area contributed by atoms with Crippen molar-refractivity contribution in [3.05, 3.63) is 35.6 Å². The number of hydrogen-bond donors (Lipinski definition) is 2. The predicted molar refractivity (Wildman–Crippen MR) is 63.1 cm³/mol. The third-order valence-corrected chi connectivity index (χ3v) is 2.53. The first kappa shape index (κ1) is 13.0. The third-order valence-electron chi connectivity index (χ3n) is 2.53. The van der Waals surface area contributed by atoms with Crippen molar-refractivity contribution >= 4 is 17.6 Å². The van der Waals surface area contributed by atoms with Crippen molar-refractivity contribution in [2.75, 3.05) is 6.54 Å². The number of nitrogens with one attached hydrogen (secondary N) is 1. The van der Waals surface area contributed by atoms with Crippen LogP contribution in [-0.2, 0) is 14.4 Å². The lowest BCUT2D eigenvalue weighted by Gasteiger charge is -2.07. The van der Waals surface area contributed by atoms with Gasteiger partial charge in [-0.2, -0.15) is 0 Å². The maximum Gasteiger partial charge on any atom is 0.322 e. The number of amides is 1. The molecule has 2 N–H and O–H groups in total. The Morgan fingerprint density at radius 1 is 1.53 bits per heavy atom. The topological polar surface area (TPSA) is 88.0 Å². The Morgan fingerprint density at radius 2 is 2.32 bits per heavy atom. The minimum absolute atomic E-state index is 0.176. The van der Waals surface area contributed by atoms with E-state index in [-0.39, 0.29) is 6.42 Å². The number of carbonyl (C=O) groups is 2. The van der Waals surface area contributed by atoms with Gasteiger partial charge in [0.05, 0.1) is 5.71 Å². The number of carbonyl (C=O) groups excluding carboxylic acids is 1. The van der Waals surface area contributed by atoms with Crippen LogP contribution in [0.3, 0.4) is 0 Å². The lowest BCUT2D eigenvalue weighted by molar-refractivity contribution is -0.140. The van der Waals surface area contributed by atoms with Crippen molar-refractivity contribution in [3.8, 4) is 0 Å². The van der Waals surface area contributed by atoms with Gasteiger partial charge in [0, 0.05) is 12.0 Å². The molecule has 1 aliphatic rings. The summed E-state index contributed by atoms with van der Waals surface area (Å²) in [6.07, 6.45) is -0.702. The van der Waals surface area contributed by atoms with Crippen LogP contribution in [0.1, 0.15) is 12.0 Å². The van der Waals surface area contributed by atoms with E-state index in [4.69, 9.17) is 9.94 Å². The van der Waals surface area contributed by atoms with E-state index < -0.39 is 30.3 Å². The fraction of sp³-hybridized carbons (Fsp3) is 0.250. The highest BCUT2D eigenvalue weighted by Gasteiger charge is 2.29. The van der Waals surface area contributed by atoms with E-state index in [1.54, 1.807) is 6.07 Å². The fourth-order valence-electron chi connectivity index (χ4n) is 1.63. The summed E-state index contributed by atoms with van der Waals surface area (Å²) in [5.74, 6) is -2.10. The van der Waals surface area contributed by atoms with Crippen LogP contribution >= 0.6 is 0 Å². The van der Waals surface area contributed by atoms with Gasteiger partial charge in [-0.15, -0.1) is 0 Å². The van der Waals surface area contributed by atoms with Gasteiger partial charge in [0.1, 0.15) is 12.4 Å². The highest BCUT2D eigenvalue weighted by Crippen LogP contribution is 2.17. The average molecular weight is 266 g/mol. The van der Waals surface area contributed by atoms with Crippen LogP contribution in [0.2, 0.25) is 0 Å². The minimum Gasteiger partial charge on any atom is -0.480 e. The van der Waals surface area contributed by atoms with Crippen molar-refractivity contribution in [1.29, 1.82) is 0 Å². The van der Waals surface area contributed by atoms with Gasteiger partial charge in [-0.1, -0.05) is 17.3 Å². The SMILES string of the molecule is O=C(O)CNC(=O)C1CC(c2cccc(F)c2)=NO1. The Hall–Kier alpha value is -2.44. The Balaban J connectivity index is 1.95. The molecule has 0 radical (unpaired) electrons. The maximum atomic E-state index is 13.0. The van der Waals surface area contributed by atoms with Gasteiger partial charge in [-0.25, -0.2) is 4.39 Å². The smallest absolute Gasteiger partial charge is 0.322 e. The van der Waals surface area contributed by atoms with Crippen molar-refractivity contribution in [2.45, 2.75) is 12.5 Å². The average Bonchev–Trinajstić information content (AvgIpc) is 2.85. The molecule has 1 heterocycles.